The van der Waals surface area contributed by atoms with E-state index in [1.54, 1.807) is 24.3 Å². The van der Waals surface area contributed by atoms with Crippen molar-refractivity contribution in [1.29, 1.82) is 0 Å². The Labute approximate surface area is 115 Å². The highest BCUT2D eigenvalue weighted by atomic mass is 19.1. The van der Waals surface area contributed by atoms with Crippen molar-refractivity contribution in [2.45, 2.75) is 6.92 Å². The quantitative estimate of drug-likeness (QED) is 0.904. The van der Waals surface area contributed by atoms with E-state index < -0.39 is 11.8 Å². The van der Waals surface area contributed by atoms with E-state index in [0.29, 0.717) is 18.1 Å². The molecule has 2 aromatic carbocycles. The van der Waals surface area contributed by atoms with Gasteiger partial charge in [0.2, 0.25) is 0 Å². The summed E-state index contributed by atoms with van der Waals surface area (Å²) in [6, 6.07) is 10.1. The van der Waals surface area contributed by atoms with E-state index >= 15 is 0 Å². The van der Waals surface area contributed by atoms with Gasteiger partial charge in [0.25, 0.3) is 0 Å². The minimum absolute atomic E-state index is 0.0862. The molecule has 0 bridgehead atoms. The molecule has 0 saturated heterocycles. The predicted octanol–water partition coefficient (Wildman–Crippen LogP) is 3.71. The molecule has 2 rings (SSSR count). The van der Waals surface area contributed by atoms with Gasteiger partial charge in [-0.1, -0.05) is 0 Å². The Bertz CT molecular complexity index is 608. The lowest BCUT2D eigenvalue weighted by Crippen LogP contribution is -2.00. The Morgan fingerprint density at radius 3 is 2.40 bits per heavy atom. The number of carboxylic acids is 1. The number of aromatic carboxylic acids is 1. The lowest BCUT2D eigenvalue weighted by molar-refractivity contribution is 0.0693. The predicted molar refractivity (Wildman–Crippen MR) is 71.0 cm³/mol. The second kappa shape index (κ2) is 6.06. The van der Waals surface area contributed by atoms with Crippen LogP contribution in [0.15, 0.2) is 42.5 Å². The summed E-state index contributed by atoms with van der Waals surface area (Å²) in [5, 5.41) is 9.02. The number of halogens is 1. The van der Waals surface area contributed by atoms with Crippen molar-refractivity contribution in [3.8, 4) is 17.2 Å². The van der Waals surface area contributed by atoms with Crippen LogP contribution in [0.3, 0.4) is 0 Å². The molecule has 0 aliphatic carbocycles. The van der Waals surface area contributed by atoms with Gasteiger partial charge in [-0.3, -0.25) is 0 Å². The average Bonchev–Trinajstić information content (AvgIpc) is 2.43. The molecule has 0 radical (unpaired) electrons. The normalized spacial score (nSPS) is 10.1. The van der Waals surface area contributed by atoms with E-state index in [0.717, 1.165) is 12.1 Å². The Hall–Kier alpha value is -2.56. The SMILES string of the molecule is CCOc1ccc(Oc2ccc(F)cc2C(=O)O)cc1. The molecule has 20 heavy (non-hydrogen) atoms. The number of hydrogen-bond donors (Lipinski definition) is 1. The van der Waals surface area contributed by atoms with E-state index in [1.165, 1.54) is 6.07 Å². The zero-order valence-electron chi connectivity index (χ0n) is 10.8. The molecular formula is C15H13FO4. The van der Waals surface area contributed by atoms with Gasteiger partial charge in [0.15, 0.2) is 0 Å². The third-order valence-corrected chi connectivity index (χ3v) is 2.53. The van der Waals surface area contributed by atoms with Gasteiger partial charge in [0.1, 0.15) is 28.6 Å². The third kappa shape index (κ3) is 3.26. The van der Waals surface area contributed by atoms with Crippen molar-refractivity contribution in [2.75, 3.05) is 6.61 Å². The fourth-order valence-electron chi connectivity index (χ4n) is 1.66. The van der Waals surface area contributed by atoms with E-state index in [1.807, 2.05) is 6.92 Å². The van der Waals surface area contributed by atoms with Gasteiger partial charge in [0, 0.05) is 0 Å². The van der Waals surface area contributed by atoms with Crippen molar-refractivity contribution in [3.63, 3.8) is 0 Å². The van der Waals surface area contributed by atoms with Crippen LogP contribution in [0.4, 0.5) is 4.39 Å². The maximum absolute atomic E-state index is 13.0. The first-order chi connectivity index (χ1) is 9.60. The van der Waals surface area contributed by atoms with Crippen LogP contribution >= 0.6 is 0 Å². The van der Waals surface area contributed by atoms with Crippen LogP contribution in [0.25, 0.3) is 0 Å². The summed E-state index contributed by atoms with van der Waals surface area (Å²) in [5.41, 5.74) is -0.223. The molecular weight excluding hydrogens is 263 g/mol. The minimum Gasteiger partial charge on any atom is -0.494 e. The largest absolute Gasteiger partial charge is 0.494 e. The Morgan fingerprint density at radius 1 is 1.15 bits per heavy atom. The lowest BCUT2D eigenvalue weighted by atomic mass is 10.2. The molecule has 0 aromatic heterocycles. The number of hydrogen-bond acceptors (Lipinski definition) is 3. The van der Waals surface area contributed by atoms with Crippen LogP contribution in [0.1, 0.15) is 17.3 Å². The number of carbonyl (C=O) groups is 1. The molecule has 4 nitrogen and oxygen atoms in total. The molecule has 104 valence electrons. The van der Waals surface area contributed by atoms with Crippen LogP contribution in [0, 0.1) is 5.82 Å². The smallest absolute Gasteiger partial charge is 0.339 e. The molecule has 0 fully saturated rings. The van der Waals surface area contributed by atoms with Crippen LogP contribution in [0.2, 0.25) is 0 Å². The first-order valence-corrected chi connectivity index (χ1v) is 6.03. The molecule has 2 aromatic rings. The number of benzene rings is 2. The standard InChI is InChI=1S/C15H13FO4/c1-2-19-11-4-6-12(7-5-11)20-14-8-3-10(16)9-13(14)15(17)18/h3-9H,2H2,1H3,(H,17,18). The van der Waals surface area contributed by atoms with Crippen LogP contribution in [-0.4, -0.2) is 17.7 Å². The van der Waals surface area contributed by atoms with Crippen LogP contribution < -0.4 is 9.47 Å². The van der Waals surface area contributed by atoms with Crippen LogP contribution in [0.5, 0.6) is 17.2 Å². The first-order valence-electron chi connectivity index (χ1n) is 6.03. The molecule has 0 amide bonds. The van der Waals surface area contributed by atoms with E-state index in [4.69, 9.17) is 14.6 Å². The van der Waals surface area contributed by atoms with Crippen molar-refractivity contribution < 1.29 is 23.8 Å². The van der Waals surface area contributed by atoms with Gasteiger partial charge in [-0.25, -0.2) is 9.18 Å². The topological polar surface area (TPSA) is 55.8 Å². The summed E-state index contributed by atoms with van der Waals surface area (Å²) in [6.07, 6.45) is 0. The highest BCUT2D eigenvalue weighted by molar-refractivity contribution is 5.91. The first kappa shape index (κ1) is 13.9. The molecule has 0 spiro atoms. The number of ether oxygens (including phenoxy) is 2. The highest BCUT2D eigenvalue weighted by Crippen LogP contribution is 2.27. The summed E-state index contributed by atoms with van der Waals surface area (Å²) in [6.45, 7) is 2.43. The van der Waals surface area contributed by atoms with Crippen molar-refractivity contribution in [2.24, 2.45) is 0 Å². The summed E-state index contributed by atoms with van der Waals surface area (Å²) < 4.78 is 23.8. The fourth-order valence-corrected chi connectivity index (χ4v) is 1.66. The van der Waals surface area contributed by atoms with Crippen molar-refractivity contribution >= 4 is 5.97 Å². The zero-order chi connectivity index (χ0) is 14.5. The minimum atomic E-state index is -1.24. The monoisotopic (exact) mass is 276 g/mol. The van der Waals surface area contributed by atoms with Gasteiger partial charge in [-0.2, -0.15) is 0 Å². The van der Waals surface area contributed by atoms with Gasteiger partial charge >= 0.3 is 5.97 Å². The van der Waals surface area contributed by atoms with Gasteiger partial charge in [-0.05, 0) is 49.4 Å². The maximum atomic E-state index is 13.0. The lowest BCUT2D eigenvalue weighted by Gasteiger charge is -2.09. The highest BCUT2D eigenvalue weighted by Gasteiger charge is 2.13. The summed E-state index contributed by atoms with van der Waals surface area (Å²) in [4.78, 5) is 11.0. The molecule has 0 unspecified atom stereocenters. The Kier molecular flexibility index (Phi) is 4.20. The molecule has 1 N–H and O–H groups in total. The Balaban J connectivity index is 2.23. The molecule has 0 aliphatic heterocycles. The fraction of sp³-hybridized carbons (Fsp3) is 0.133. The molecule has 0 atom stereocenters. The second-order valence-corrected chi connectivity index (χ2v) is 3.95. The molecule has 0 heterocycles. The van der Waals surface area contributed by atoms with Gasteiger partial charge < -0.3 is 14.6 Å². The second-order valence-electron chi connectivity index (χ2n) is 3.95. The van der Waals surface area contributed by atoms with Crippen molar-refractivity contribution in [1.82, 2.24) is 0 Å². The maximum Gasteiger partial charge on any atom is 0.339 e. The molecule has 0 aliphatic rings. The number of carboxylic acid groups (broad SMARTS) is 1. The van der Waals surface area contributed by atoms with Gasteiger partial charge in [-0.15, -0.1) is 0 Å². The van der Waals surface area contributed by atoms with E-state index in [9.17, 15) is 9.18 Å². The summed E-state index contributed by atoms with van der Waals surface area (Å²) in [7, 11) is 0. The molecule has 5 heteroatoms. The zero-order valence-corrected chi connectivity index (χ0v) is 10.8. The Morgan fingerprint density at radius 2 is 1.80 bits per heavy atom. The summed E-state index contributed by atoms with van der Waals surface area (Å²) >= 11 is 0. The van der Waals surface area contributed by atoms with Crippen molar-refractivity contribution in [3.05, 3.63) is 53.8 Å². The third-order valence-electron chi connectivity index (χ3n) is 2.53. The van der Waals surface area contributed by atoms with E-state index in [-0.39, 0.29) is 11.3 Å². The van der Waals surface area contributed by atoms with Crippen LogP contribution in [-0.2, 0) is 0 Å². The number of rotatable bonds is 5. The average molecular weight is 276 g/mol. The molecule has 0 saturated carbocycles. The van der Waals surface area contributed by atoms with Gasteiger partial charge in [0.05, 0.1) is 6.61 Å². The van der Waals surface area contributed by atoms with E-state index in [2.05, 4.69) is 0 Å². The summed E-state index contributed by atoms with van der Waals surface area (Å²) in [5.74, 6) is -0.644.